The van der Waals surface area contributed by atoms with Crippen LogP contribution in [0.15, 0.2) is 72.8 Å². The number of Topliss-reactive ketones (excluding diaryl/α,β-unsaturated/α-hetero) is 1. The number of rotatable bonds is 18. The molecule has 13 nitrogen and oxygen atoms in total. The zero-order valence-electron chi connectivity index (χ0n) is 28.4. The molecule has 1 fully saturated rings. The van der Waals surface area contributed by atoms with Gasteiger partial charge in [-0.2, -0.15) is 28.1 Å². The van der Waals surface area contributed by atoms with E-state index in [0.717, 1.165) is 5.56 Å². The summed E-state index contributed by atoms with van der Waals surface area (Å²) in [4.78, 5) is 61.4. The molecule has 5 rings (SSSR count). The third-order valence-electron chi connectivity index (χ3n) is 8.21. The van der Waals surface area contributed by atoms with Gasteiger partial charge in [-0.3, -0.25) is 14.4 Å². The van der Waals surface area contributed by atoms with Crippen LogP contribution in [-0.4, -0.2) is 69.0 Å². The third-order valence-corrected chi connectivity index (χ3v) is 8.47. The van der Waals surface area contributed by atoms with Gasteiger partial charge in [-0.25, -0.2) is 9.18 Å². The summed E-state index contributed by atoms with van der Waals surface area (Å²) in [5, 5.41) is 20.9. The van der Waals surface area contributed by atoms with Gasteiger partial charge in [0.2, 0.25) is 17.7 Å². The molecule has 0 bridgehead atoms. The minimum Gasteiger partial charge on any atom is -0.480 e. The molecule has 1 aliphatic carbocycles. The highest BCUT2D eigenvalue weighted by molar-refractivity contribution is 6.36. The normalized spacial score (nSPS) is 13.6. The van der Waals surface area contributed by atoms with Gasteiger partial charge >= 0.3 is 18.2 Å². The summed E-state index contributed by atoms with van der Waals surface area (Å²) in [6.45, 7) is -1.85. The molecule has 54 heavy (non-hydrogen) atoms. The van der Waals surface area contributed by atoms with Crippen molar-refractivity contribution in [1.82, 2.24) is 25.6 Å². The first-order chi connectivity index (χ1) is 25.7. The molecule has 0 aliphatic heterocycles. The lowest BCUT2D eigenvalue weighted by Gasteiger charge is -2.19. The average Bonchev–Trinajstić information content (AvgIpc) is 3.90. The maximum atomic E-state index is 13.3. The first-order valence-electron chi connectivity index (χ1n) is 16.6. The molecule has 1 aromatic heterocycles. The van der Waals surface area contributed by atoms with E-state index in [1.165, 1.54) is 36.4 Å². The van der Waals surface area contributed by atoms with Gasteiger partial charge in [-0.05, 0) is 91.8 Å². The molecule has 0 radical (unpaired) electrons. The van der Waals surface area contributed by atoms with Gasteiger partial charge in [0.05, 0.1) is 5.54 Å². The Labute approximate surface area is 310 Å². The second kappa shape index (κ2) is 17.3. The Hall–Kier alpha value is -5.84. The molecule has 0 unspecified atom stereocenters. The van der Waals surface area contributed by atoms with Crippen molar-refractivity contribution in [2.45, 2.75) is 56.3 Å². The van der Waals surface area contributed by atoms with Crippen molar-refractivity contribution in [2.24, 2.45) is 0 Å². The molecule has 0 saturated heterocycles. The molecule has 18 heteroatoms. The number of aromatic nitrogens is 3. The lowest BCUT2D eigenvalue weighted by molar-refractivity contribution is -0.154. The van der Waals surface area contributed by atoms with Gasteiger partial charge in [-0.1, -0.05) is 35.9 Å². The Morgan fingerprint density at radius 2 is 1.65 bits per heavy atom. The van der Waals surface area contributed by atoms with E-state index >= 15 is 0 Å². The second-order valence-corrected chi connectivity index (χ2v) is 12.8. The monoisotopic (exact) mass is 771 g/mol. The molecular formula is C36H34ClF4N7O6. The maximum absolute atomic E-state index is 13.3. The number of anilines is 3. The Balaban J connectivity index is 1.15. The Morgan fingerprint density at radius 1 is 0.944 bits per heavy atom. The summed E-state index contributed by atoms with van der Waals surface area (Å²) >= 11 is 6.01. The number of halogens is 5. The number of aliphatic carboxylic acids is 1. The Morgan fingerprint density at radius 3 is 2.30 bits per heavy atom. The summed E-state index contributed by atoms with van der Waals surface area (Å²) in [6, 6.07) is 16.6. The van der Waals surface area contributed by atoms with Crippen LogP contribution in [-0.2, 0) is 26.3 Å². The SMILES string of the molecule is O=C(CCCc1cccc(F)c1)C(=O)NCC[C@H](NC(=O)c1ccc(Nc2nc(NC3(c4ccc(Cl)cc4)CC3)nc(OCC(F)(F)F)n2)cc1)C(=O)O. The molecule has 3 aromatic carbocycles. The summed E-state index contributed by atoms with van der Waals surface area (Å²) in [7, 11) is 0. The van der Waals surface area contributed by atoms with Crippen LogP contribution < -0.4 is 26.0 Å². The van der Waals surface area contributed by atoms with Gasteiger partial charge in [0.1, 0.15) is 11.9 Å². The molecule has 1 heterocycles. The van der Waals surface area contributed by atoms with E-state index in [-0.39, 0.29) is 36.8 Å². The van der Waals surface area contributed by atoms with Crippen LogP contribution in [0.25, 0.3) is 0 Å². The Bertz CT molecular complexity index is 1980. The zero-order valence-corrected chi connectivity index (χ0v) is 29.1. The molecule has 284 valence electrons. The van der Waals surface area contributed by atoms with Crippen LogP contribution in [0.4, 0.5) is 35.1 Å². The fourth-order valence-electron chi connectivity index (χ4n) is 5.29. The lowest BCUT2D eigenvalue weighted by Crippen LogP contribution is -2.43. The van der Waals surface area contributed by atoms with Crippen molar-refractivity contribution >= 4 is 52.8 Å². The number of nitrogens with zero attached hydrogens (tertiary/aromatic N) is 3. The number of ketones is 1. The predicted octanol–water partition coefficient (Wildman–Crippen LogP) is 5.73. The summed E-state index contributed by atoms with van der Waals surface area (Å²) < 4.78 is 56.9. The zero-order chi connectivity index (χ0) is 38.9. The van der Waals surface area contributed by atoms with E-state index in [1.807, 2.05) is 12.1 Å². The van der Waals surface area contributed by atoms with E-state index in [9.17, 15) is 41.8 Å². The number of carboxylic acids is 1. The number of ether oxygens (including phenoxy) is 1. The van der Waals surface area contributed by atoms with Crippen LogP contribution in [0.1, 0.15) is 53.6 Å². The smallest absolute Gasteiger partial charge is 0.422 e. The number of carbonyl (C=O) groups is 4. The average molecular weight is 772 g/mol. The van der Waals surface area contributed by atoms with E-state index in [2.05, 4.69) is 36.2 Å². The molecule has 1 atom stereocenters. The van der Waals surface area contributed by atoms with Crippen molar-refractivity contribution in [2.75, 3.05) is 23.8 Å². The van der Waals surface area contributed by atoms with E-state index in [0.29, 0.717) is 42.0 Å². The predicted molar refractivity (Wildman–Crippen MR) is 188 cm³/mol. The van der Waals surface area contributed by atoms with Crippen molar-refractivity contribution < 1.29 is 46.6 Å². The van der Waals surface area contributed by atoms with Crippen molar-refractivity contribution in [1.29, 1.82) is 0 Å². The topological polar surface area (TPSA) is 185 Å². The number of amides is 2. The summed E-state index contributed by atoms with van der Waals surface area (Å²) in [6.07, 6.45) is -2.86. The van der Waals surface area contributed by atoms with Gasteiger partial charge in [0.15, 0.2) is 6.61 Å². The number of carboxylic acid groups (broad SMARTS) is 1. The quantitative estimate of drug-likeness (QED) is 0.0615. The van der Waals surface area contributed by atoms with Gasteiger partial charge < -0.3 is 31.1 Å². The molecular weight excluding hydrogens is 738 g/mol. The molecule has 2 amide bonds. The summed E-state index contributed by atoms with van der Waals surface area (Å²) in [5.41, 5.74) is 1.38. The van der Waals surface area contributed by atoms with E-state index in [1.54, 1.807) is 24.3 Å². The standard InChI is InChI=1S/C36H34ClF4N7O6/c37-24-11-9-23(10-12-24)35(16-17-35)48-33-45-32(46-34(47-33)54-20-36(39,40)41)43-26-13-7-22(8-14-26)29(50)44-27(31(52)53)15-18-42-30(51)28(49)6-2-4-21-3-1-5-25(38)19-21/h1,3,5,7-14,19,27H,2,4,6,15-18,20H2,(H,42,51)(H,44,50)(H,52,53)(H2,43,45,46,47,48)/t27-/m0/s1. The van der Waals surface area contributed by atoms with E-state index in [4.69, 9.17) is 16.3 Å². The first kappa shape index (κ1) is 39.4. The number of benzene rings is 3. The number of aryl methyl sites for hydroxylation is 1. The number of nitrogens with one attached hydrogen (secondary N) is 4. The van der Waals surface area contributed by atoms with Crippen LogP contribution in [0.5, 0.6) is 6.01 Å². The molecule has 5 N–H and O–H groups in total. The minimum absolute atomic E-state index is 0.0470. The highest BCUT2D eigenvalue weighted by Gasteiger charge is 2.45. The molecule has 4 aromatic rings. The number of alkyl halides is 3. The van der Waals surface area contributed by atoms with Crippen LogP contribution in [0.3, 0.4) is 0 Å². The molecule has 0 spiro atoms. The van der Waals surface area contributed by atoms with Gasteiger partial charge in [0.25, 0.3) is 11.8 Å². The second-order valence-electron chi connectivity index (χ2n) is 12.4. The van der Waals surface area contributed by atoms with Crippen LogP contribution >= 0.6 is 11.6 Å². The largest absolute Gasteiger partial charge is 0.480 e. The first-order valence-corrected chi connectivity index (χ1v) is 17.0. The maximum Gasteiger partial charge on any atom is 0.422 e. The van der Waals surface area contributed by atoms with Gasteiger partial charge in [-0.15, -0.1) is 0 Å². The summed E-state index contributed by atoms with van der Waals surface area (Å²) in [5.74, 6) is -4.35. The highest BCUT2D eigenvalue weighted by atomic mass is 35.5. The van der Waals surface area contributed by atoms with E-state index < -0.39 is 59.8 Å². The minimum atomic E-state index is -4.65. The fraction of sp³-hybridized carbons (Fsp3) is 0.306. The number of hydrogen-bond donors (Lipinski definition) is 5. The van der Waals surface area contributed by atoms with Crippen molar-refractivity contribution in [3.63, 3.8) is 0 Å². The van der Waals surface area contributed by atoms with Crippen molar-refractivity contribution in [3.05, 3.63) is 100 Å². The van der Waals surface area contributed by atoms with Crippen molar-refractivity contribution in [3.8, 4) is 6.01 Å². The number of carbonyl (C=O) groups excluding carboxylic acids is 3. The fourth-order valence-corrected chi connectivity index (χ4v) is 5.42. The van der Waals surface area contributed by atoms with Crippen LogP contribution in [0.2, 0.25) is 5.02 Å². The van der Waals surface area contributed by atoms with Crippen LogP contribution in [0, 0.1) is 5.82 Å². The molecule has 1 saturated carbocycles. The lowest BCUT2D eigenvalue weighted by atomic mass is 10.1. The molecule has 1 aliphatic rings. The third kappa shape index (κ3) is 11.6. The number of hydrogen-bond acceptors (Lipinski definition) is 10. The highest BCUT2D eigenvalue weighted by Crippen LogP contribution is 2.48. The van der Waals surface area contributed by atoms with Gasteiger partial charge in [0, 0.05) is 29.2 Å². The Kier molecular flexibility index (Phi) is 12.6.